The van der Waals surface area contributed by atoms with Gasteiger partial charge in [0.2, 0.25) is 0 Å². The fourth-order valence-electron chi connectivity index (χ4n) is 1.72. The molecule has 0 amide bonds. The summed E-state index contributed by atoms with van der Waals surface area (Å²) in [6, 6.07) is 16.3. The van der Waals surface area contributed by atoms with Gasteiger partial charge in [-0.1, -0.05) is 29.8 Å². The lowest BCUT2D eigenvalue weighted by Gasteiger charge is -2.11. The summed E-state index contributed by atoms with van der Waals surface area (Å²) in [6.07, 6.45) is 0. The number of aryl methyl sites for hydroxylation is 1. The van der Waals surface area contributed by atoms with Crippen LogP contribution >= 0.6 is 0 Å². The van der Waals surface area contributed by atoms with Crippen molar-refractivity contribution < 1.29 is 0 Å². The lowest BCUT2D eigenvalue weighted by Crippen LogP contribution is -2.09. The van der Waals surface area contributed by atoms with Crippen molar-refractivity contribution in [1.82, 2.24) is 0 Å². The van der Waals surface area contributed by atoms with E-state index < -0.39 is 0 Å². The standard InChI is InChI=1S/C16H19N3/c1-12(2)17-15-6-4-5-7-16(15)19-18-14-10-8-13(3)9-11-14/h4-12,17H,1-3H3. The molecule has 2 aromatic carbocycles. The van der Waals surface area contributed by atoms with E-state index in [4.69, 9.17) is 0 Å². The van der Waals surface area contributed by atoms with Gasteiger partial charge in [-0.3, -0.25) is 0 Å². The number of para-hydroxylation sites is 1. The van der Waals surface area contributed by atoms with Gasteiger partial charge in [-0.15, -0.1) is 5.11 Å². The zero-order chi connectivity index (χ0) is 13.7. The molecule has 98 valence electrons. The van der Waals surface area contributed by atoms with Gasteiger partial charge in [-0.2, -0.15) is 5.11 Å². The molecule has 0 saturated heterocycles. The number of nitrogens with one attached hydrogen (secondary N) is 1. The molecule has 0 unspecified atom stereocenters. The first-order valence-corrected chi connectivity index (χ1v) is 6.49. The average molecular weight is 253 g/mol. The van der Waals surface area contributed by atoms with E-state index in [0.29, 0.717) is 6.04 Å². The van der Waals surface area contributed by atoms with Crippen molar-refractivity contribution in [2.24, 2.45) is 10.2 Å². The molecule has 0 aliphatic heterocycles. The van der Waals surface area contributed by atoms with Crippen molar-refractivity contribution in [3.63, 3.8) is 0 Å². The maximum Gasteiger partial charge on any atom is 0.109 e. The SMILES string of the molecule is Cc1ccc(N=Nc2ccccc2NC(C)C)cc1. The van der Waals surface area contributed by atoms with Crippen LogP contribution in [-0.4, -0.2) is 6.04 Å². The lowest BCUT2D eigenvalue weighted by atomic mass is 10.2. The topological polar surface area (TPSA) is 36.8 Å². The van der Waals surface area contributed by atoms with Crippen molar-refractivity contribution in [2.45, 2.75) is 26.8 Å². The van der Waals surface area contributed by atoms with Gasteiger partial charge in [0.05, 0.1) is 11.4 Å². The van der Waals surface area contributed by atoms with Crippen LogP contribution in [0.4, 0.5) is 17.1 Å². The summed E-state index contributed by atoms with van der Waals surface area (Å²) in [6.45, 7) is 6.27. The van der Waals surface area contributed by atoms with Crippen molar-refractivity contribution in [3.05, 3.63) is 54.1 Å². The Morgan fingerprint density at radius 3 is 2.26 bits per heavy atom. The number of nitrogens with zero attached hydrogens (tertiary/aromatic N) is 2. The Kier molecular flexibility index (Phi) is 4.29. The van der Waals surface area contributed by atoms with Gasteiger partial charge in [-0.05, 0) is 45.0 Å². The Morgan fingerprint density at radius 1 is 0.895 bits per heavy atom. The quantitative estimate of drug-likeness (QED) is 0.744. The Balaban J connectivity index is 2.20. The zero-order valence-corrected chi connectivity index (χ0v) is 11.6. The van der Waals surface area contributed by atoms with E-state index in [0.717, 1.165) is 17.1 Å². The second-order valence-electron chi connectivity index (χ2n) is 4.85. The molecule has 2 rings (SSSR count). The molecule has 0 heterocycles. The minimum absolute atomic E-state index is 0.371. The molecule has 1 N–H and O–H groups in total. The first-order valence-electron chi connectivity index (χ1n) is 6.49. The highest BCUT2D eigenvalue weighted by Crippen LogP contribution is 2.27. The van der Waals surface area contributed by atoms with Gasteiger partial charge in [0.25, 0.3) is 0 Å². The fraction of sp³-hybridized carbons (Fsp3) is 0.250. The van der Waals surface area contributed by atoms with Crippen molar-refractivity contribution in [2.75, 3.05) is 5.32 Å². The Bertz CT molecular complexity index is 556. The highest BCUT2D eigenvalue weighted by molar-refractivity contribution is 5.65. The van der Waals surface area contributed by atoms with Crippen LogP contribution in [0.1, 0.15) is 19.4 Å². The van der Waals surface area contributed by atoms with Crippen LogP contribution in [0, 0.1) is 6.92 Å². The van der Waals surface area contributed by atoms with E-state index >= 15 is 0 Å². The molecule has 2 aromatic rings. The zero-order valence-electron chi connectivity index (χ0n) is 11.6. The molecule has 3 nitrogen and oxygen atoms in total. The molecule has 0 aliphatic rings. The molecule has 0 spiro atoms. The Morgan fingerprint density at radius 2 is 1.58 bits per heavy atom. The monoisotopic (exact) mass is 253 g/mol. The van der Waals surface area contributed by atoms with Crippen molar-refractivity contribution in [1.29, 1.82) is 0 Å². The molecule has 0 bridgehead atoms. The third-order valence-corrected chi connectivity index (χ3v) is 2.66. The molecule has 3 heteroatoms. The average Bonchev–Trinajstić information content (AvgIpc) is 2.39. The van der Waals surface area contributed by atoms with Crippen LogP contribution in [0.3, 0.4) is 0 Å². The molecule has 0 saturated carbocycles. The number of hydrogen-bond donors (Lipinski definition) is 1. The number of anilines is 1. The van der Waals surface area contributed by atoms with Crippen LogP contribution < -0.4 is 5.32 Å². The summed E-state index contributed by atoms with van der Waals surface area (Å²) in [7, 11) is 0. The summed E-state index contributed by atoms with van der Waals surface area (Å²) in [4.78, 5) is 0. The summed E-state index contributed by atoms with van der Waals surface area (Å²) in [5, 5.41) is 12.0. The summed E-state index contributed by atoms with van der Waals surface area (Å²) in [5.41, 5.74) is 3.95. The van der Waals surface area contributed by atoms with Crippen LogP contribution in [0.5, 0.6) is 0 Å². The maximum absolute atomic E-state index is 4.32. The summed E-state index contributed by atoms with van der Waals surface area (Å²) < 4.78 is 0. The van der Waals surface area contributed by atoms with Gasteiger partial charge in [0.1, 0.15) is 5.69 Å². The lowest BCUT2D eigenvalue weighted by molar-refractivity contribution is 0.899. The van der Waals surface area contributed by atoms with Gasteiger partial charge in [0, 0.05) is 6.04 Å². The smallest absolute Gasteiger partial charge is 0.109 e. The molecule has 0 atom stereocenters. The van der Waals surface area contributed by atoms with Crippen molar-refractivity contribution >= 4 is 17.1 Å². The van der Waals surface area contributed by atoms with Gasteiger partial charge < -0.3 is 5.32 Å². The molecular formula is C16H19N3. The molecule has 0 aliphatic carbocycles. The predicted octanol–water partition coefficient (Wildman–Crippen LogP) is 5.23. The number of benzene rings is 2. The normalized spacial score (nSPS) is 11.2. The van der Waals surface area contributed by atoms with Crippen molar-refractivity contribution in [3.8, 4) is 0 Å². The van der Waals surface area contributed by atoms with E-state index in [9.17, 15) is 0 Å². The van der Waals surface area contributed by atoms with E-state index in [1.54, 1.807) is 0 Å². The molecular weight excluding hydrogens is 234 g/mol. The van der Waals surface area contributed by atoms with Crippen LogP contribution in [-0.2, 0) is 0 Å². The number of hydrogen-bond acceptors (Lipinski definition) is 3. The summed E-state index contributed by atoms with van der Waals surface area (Å²) >= 11 is 0. The van der Waals surface area contributed by atoms with Crippen LogP contribution in [0.25, 0.3) is 0 Å². The van der Waals surface area contributed by atoms with Gasteiger partial charge in [0.15, 0.2) is 0 Å². The molecule has 0 radical (unpaired) electrons. The van der Waals surface area contributed by atoms with Crippen LogP contribution in [0.15, 0.2) is 58.8 Å². The first kappa shape index (κ1) is 13.3. The predicted molar refractivity (Wildman–Crippen MR) is 80.6 cm³/mol. The Labute approximate surface area is 114 Å². The molecule has 19 heavy (non-hydrogen) atoms. The number of rotatable bonds is 4. The maximum atomic E-state index is 4.32. The van der Waals surface area contributed by atoms with Gasteiger partial charge >= 0.3 is 0 Å². The third kappa shape index (κ3) is 3.91. The second-order valence-corrected chi connectivity index (χ2v) is 4.85. The Hall–Kier alpha value is -2.16. The van der Waals surface area contributed by atoms with E-state index in [-0.39, 0.29) is 0 Å². The highest BCUT2D eigenvalue weighted by atomic mass is 15.1. The van der Waals surface area contributed by atoms with Crippen LogP contribution in [0.2, 0.25) is 0 Å². The minimum atomic E-state index is 0.371. The molecule has 0 fully saturated rings. The third-order valence-electron chi connectivity index (χ3n) is 2.66. The second kappa shape index (κ2) is 6.14. The number of azo groups is 1. The molecule has 0 aromatic heterocycles. The summed E-state index contributed by atoms with van der Waals surface area (Å²) in [5.74, 6) is 0. The van der Waals surface area contributed by atoms with E-state index in [1.165, 1.54) is 5.56 Å². The minimum Gasteiger partial charge on any atom is -0.381 e. The van der Waals surface area contributed by atoms with E-state index in [2.05, 4.69) is 36.3 Å². The van der Waals surface area contributed by atoms with Gasteiger partial charge in [-0.25, -0.2) is 0 Å². The largest absolute Gasteiger partial charge is 0.381 e. The highest BCUT2D eigenvalue weighted by Gasteiger charge is 2.01. The fourth-order valence-corrected chi connectivity index (χ4v) is 1.72. The first-order chi connectivity index (χ1) is 9.15. The van der Waals surface area contributed by atoms with E-state index in [1.807, 2.05) is 48.5 Å².